The molecule has 2 aromatic carbocycles. The van der Waals surface area contributed by atoms with E-state index in [9.17, 15) is 9.90 Å². The molecule has 0 fully saturated rings. The van der Waals surface area contributed by atoms with Gasteiger partial charge in [0.1, 0.15) is 6.61 Å². The number of benzene rings is 2. The van der Waals surface area contributed by atoms with E-state index in [2.05, 4.69) is 0 Å². The third-order valence-corrected chi connectivity index (χ3v) is 4.93. The number of aryl methyl sites for hydroxylation is 1. The maximum Gasteiger partial charge on any atom is 0.337 e. The number of carbonyl (C=O) groups is 1. The molecule has 0 radical (unpaired) electrons. The summed E-state index contributed by atoms with van der Waals surface area (Å²) in [5.41, 5.74) is 3.23. The Morgan fingerprint density at radius 3 is 2.52 bits per heavy atom. The Balaban J connectivity index is 1.87. The Labute approximate surface area is 162 Å². The van der Waals surface area contributed by atoms with Gasteiger partial charge in [0, 0.05) is 4.88 Å². The fraction of sp³-hybridized carbons (Fsp3) is 0.136. The minimum atomic E-state index is -0.963. The van der Waals surface area contributed by atoms with Crippen molar-refractivity contribution in [3.63, 3.8) is 0 Å². The minimum absolute atomic E-state index is 0.250. The summed E-state index contributed by atoms with van der Waals surface area (Å²) in [7, 11) is 1.58. The van der Waals surface area contributed by atoms with E-state index < -0.39 is 5.97 Å². The second-order valence-electron chi connectivity index (χ2n) is 6.03. The Morgan fingerprint density at radius 1 is 1.11 bits per heavy atom. The second kappa shape index (κ2) is 8.56. The van der Waals surface area contributed by atoms with Gasteiger partial charge in [-0.1, -0.05) is 42.0 Å². The van der Waals surface area contributed by atoms with Crippen LogP contribution in [-0.2, 0) is 11.4 Å². The normalized spacial score (nSPS) is 11.3. The number of ether oxygens (including phenoxy) is 2. The van der Waals surface area contributed by atoms with E-state index >= 15 is 0 Å². The molecule has 0 saturated carbocycles. The summed E-state index contributed by atoms with van der Waals surface area (Å²) in [6.07, 6.45) is 1.65. The lowest BCUT2D eigenvalue weighted by atomic mass is 10.1. The lowest BCUT2D eigenvalue weighted by Crippen LogP contribution is -1.99. The third kappa shape index (κ3) is 4.77. The van der Waals surface area contributed by atoms with Crippen LogP contribution in [0.4, 0.5) is 0 Å². The SMILES string of the molecule is COc1ccc(/C=C(\C(=O)O)c2cccs2)cc1OCc1ccc(C)cc1. The van der Waals surface area contributed by atoms with Crippen LogP contribution in [0.25, 0.3) is 11.6 Å². The molecule has 1 N–H and O–H groups in total. The molecule has 0 spiro atoms. The number of rotatable bonds is 7. The monoisotopic (exact) mass is 380 g/mol. The van der Waals surface area contributed by atoms with Crippen LogP contribution in [0.5, 0.6) is 11.5 Å². The van der Waals surface area contributed by atoms with Crippen LogP contribution in [0.15, 0.2) is 60.0 Å². The fourth-order valence-corrected chi connectivity index (χ4v) is 3.31. The summed E-state index contributed by atoms with van der Waals surface area (Å²) in [5, 5.41) is 11.4. The number of methoxy groups -OCH3 is 1. The topological polar surface area (TPSA) is 55.8 Å². The van der Waals surface area contributed by atoms with Gasteiger partial charge in [0.25, 0.3) is 0 Å². The highest BCUT2D eigenvalue weighted by atomic mass is 32.1. The summed E-state index contributed by atoms with van der Waals surface area (Å²) in [6.45, 7) is 2.44. The molecule has 27 heavy (non-hydrogen) atoms. The second-order valence-corrected chi connectivity index (χ2v) is 6.97. The molecule has 0 aliphatic rings. The zero-order valence-corrected chi connectivity index (χ0v) is 16.0. The van der Waals surface area contributed by atoms with Crippen LogP contribution in [0.1, 0.15) is 21.6 Å². The van der Waals surface area contributed by atoms with E-state index in [0.29, 0.717) is 23.0 Å². The number of aliphatic carboxylic acids is 1. The fourth-order valence-electron chi connectivity index (χ4n) is 2.58. The third-order valence-electron chi connectivity index (χ3n) is 4.03. The molecule has 0 aliphatic heterocycles. The molecule has 4 nitrogen and oxygen atoms in total. The number of hydrogen-bond donors (Lipinski definition) is 1. The highest BCUT2D eigenvalue weighted by Crippen LogP contribution is 2.31. The minimum Gasteiger partial charge on any atom is -0.493 e. The molecular weight excluding hydrogens is 360 g/mol. The van der Waals surface area contributed by atoms with Crippen LogP contribution in [0.2, 0.25) is 0 Å². The standard InChI is InChI=1S/C22H20O4S/c1-15-5-7-16(8-6-15)14-26-20-13-17(9-10-19(20)25-2)12-18(22(23)24)21-4-3-11-27-21/h3-13H,14H2,1-2H3,(H,23,24)/b18-12-. The van der Waals surface area contributed by atoms with Gasteiger partial charge in [-0.3, -0.25) is 0 Å². The highest BCUT2D eigenvalue weighted by molar-refractivity contribution is 7.11. The summed E-state index contributed by atoms with van der Waals surface area (Å²) < 4.78 is 11.3. The quantitative estimate of drug-likeness (QED) is 0.567. The van der Waals surface area contributed by atoms with Gasteiger partial charge in [0.05, 0.1) is 12.7 Å². The molecule has 138 valence electrons. The van der Waals surface area contributed by atoms with Crippen LogP contribution in [0.3, 0.4) is 0 Å². The predicted octanol–water partition coefficient (Wildman–Crippen LogP) is 5.27. The first kappa shape index (κ1) is 18.7. The number of hydrogen-bond acceptors (Lipinski definition) is 4. The average Bonchev–Trinajstić information content (AvgIpc) is 3.20. The molecule has 0 saturated heterocycles. The first-order chi connectivity index (χ1) is 13.1. The molecule has 0 bridgehead atoms. The van der Waals surface area contributed by atoms with Crippen LogP contribution in [0, 0.1) is 6.92 Å². The smallest absolute Gasteiger partial charge is 0.337 e. The van der Waals surface area contributed by atoms with Gasteiger partial charge in [-0.15, -0.1) is 11.3 Å². The van der Waals surface area contributed by atoms with Crippen molar-refractivity contribution in [2.45, 2.75) is 13.5 Å². The summed E-state index contributed by atoms with van der Waals surface area (Å²) in [4.78, 5) is 12.3. The summed E-state index contributed by atoms with van der Waals surface area (Å²) in [6, 6.07) is 17.1. The first-order valence-corrected chi connectivity index (χ1v) is 9.30. The van der Waals surface area contributed by atoms with E-state index in [1.807, 2.05) is 48.7 Å². The van der Waals surface area contributed by atoms with Gasteiger partial charge in [0.15, 0.2) is 11.5 Å². The number of carboxylic acids is 1. The molecule has 5 heteroatoms. The maximum absolute atomic E-state index is 11.6. The lowest BCUT2D eigenvalue weighted by Gasteiger charge is -2.12. The lowest BCUT2D eigenvalue weighted by molar-refractivity contribution is -0.130. The Bertz CT molecular complexity index is 941. The molecule has 0 amide bonds. The predicted molar refractivity (Wildman–Crippen MR) is 108 cm³/mol. The van der Waals surface area contributed by atoms with Crippen LogP contribution >= 0.6 is 11.3 Å². The van der Waals surface area contributed by atoms with Crippen molar-refractivity contribution < 1.29 is 19.4 Å². The van der Waals surface area contributed by atoms with Crippen molar-refractivity contribution in [1.29, 1.82) is 0 Å². The molecule has 1 aromatic heterocycles. The molecule has 0 unspecified atom stereocenters. The Hall–Kier alpha value is -3.05. The molecule has 0 aliphatic carbocycles. The summed E-state index contributed by atoms with van der Waals surface area (Å²) >= 11 is 1.39. The van der Waals surface area contributed by atoms with Crippen molar-refractivity contribution in [3.05, 3.63) is 81.5 Å². The number of thiophene rings is 1. The molecule has 1 heterocycles. The van der Waals surface area contributed by atoms with Gasteiger partial charge in [-0.25, -0.2) is 4.79 Å². The van der Waals surface area contributed by atoms with Gasteiger partial charge in [-0.2, -0.15) is 0 Å². The van der Waals surface area contributed by atoms with E-state index in [-0.39, 0.29) is 5.57 Å². The van der Waals surface area contributed by atoms with E-state index in [0.717, 1.165) is 11.1 Å². The van der Waals surface area contributed by atoms with Crippen LogP contribution in [-0.4, -0.2) is 18.2 Å². The Morgan fingerprint density at radius 2 is 1.89 bits per heavy atom. The largest absolute Gasteiger partial charge is 0.493 e. The zero-order chi connectivity index (χ0) is 19.2. The number of carboxylic acid groups (broad SMARTS) is 1. The van der Waals surface area contributed by atoms with Crippen molar-refractivity contribution in [2.75, 3.05) is 7.11 Å². The van der Waals surface area contributed by atoms with Gasteiger partial charge >= 0.3 is 5.97 Å². The average molecular weight is 380 g/mol. The molecule has 3 aromatic rings. The molecular formula is C22H20O4S. The first-order valence-electron chi connectivity index (χ1n) is 8.42. The maximum atomic E-state index is 11.6. The molecule has 0 atom stereocenters. The Kier molecular flexibility index (Phi) is 5.94. The van der Waals surface area contributed by atoms with Crippen molar-refractivity contribution in [1.82, 2.24) is 0 Å². The highest BCUT2D eigenvalue weighted by Gasteiger charge is 2.13. The van der Waals surface area contributed by atoms with Crippen LogP contribution < -0.4 is 9.47 Å². The van der Waals surface area contributed by atoms with Gasteiger partial charge in [0.2, 0.25) is 0 Å². The zero-order valence-electron chi connectivity index (χ0n) is 15.1. The van der Waals surface area contributed by atoms with Gasteiger partial charge < -0.3 is 14.6 Å². The van der Waals surface area contributed by atoms with Crippen molar-refractivity contribution >= 4 is 29.0 Å². The van der Waals surface area contributed by atoms with Crippen molar-refractivity contribution in [3.8, 4) is 11.5 Å². The van der Waals surface area contributed by atoms with E-state index in [1.54, 1.807) is 31.4 Å². The van der Waals surface area contributed by atoms with Crippen molar-refractivity contribution in [2.24, 2.45) is 0 Å². The summed E-state index contributed by atoms with van der Waals surface area (Å²) in [5.74, 6) is 0.213. The molecule has 3 rings (SSSR count). The van der Waals surface area contributed by atoms with E-state index in [1.165, 1.54) is 16.9 Å². The van der Waals surface area contributed by atoms with Gasteiger partial charge in [-0.05, 0) is 47.7 Å². The van der Waals surface area contributed by atoms with E-state index in [4.69, 9.17) is 9.47 Å².